The number of rotatable bonds is 2. The highest BCUT2D eigenvalue weighted by Crippen LogP contribution is 2.16. The lowest BCUT2D eigenvalue weighted by Gasteiger charge is -2.13. The number of benzene rings is 2. The van der Waals surface area contributed by atoms with Crippen LogP contribution >= 0.6 is 0 Å². The molecule has 130 valence electrons. The molecular formula is C23H17N3O. The quantitative estimate of drug-likeness (QED) is 0.517. The second kappa shape index (κ2) is 7.27. The smallest absolute Gasteiger partial charge is 0.267 e. The second-order valence-corrected chi connectivity index (χ2v) is 6.04. The fourth-order valence-electron chi connectivity index (χ4n) is 3.04. The SMILES string of the molecule is CCc1nc2cccc(C#Cc3ccncc3)c2c(=O)n1-c1ccccc1. The number of aryl methyl sites for hydroxylation is 1. The summed E-state index contributed by atoms with van der Waals surface area (Å²) in [7, 11) is 0. The molecule has 4 rings (SSSR count). The van der Waals surface area contributed by atoms with Crippen LogP contribution in [-0.2, 0) is 6.42 Å². The van der Waals surface area contributed by atoms with Crippen LogP contribution in [0, 0.1) is 11.8 Å². The molecule has 0 N–H and O–H groups in total. The molecule has 0 unspecified atom stereocenters. The van der Waals surface area contributed by atoms with Crippen LogP contribution in [0.5, 0.6) is 0 Å². The van der Waals surface area contributed by atoms with Crippen LogP contribution in [0.3, 0.4) is 0 Å². The van der Waals surface area contributed by atoms with E-state index in [-0.39, 0.29) is 5.56 Å². The number of pyridine rings is 1. The van der Waals surface area contributed by atoms with Gasteiger partial charge in [-0.05, 0) is 36.4 Å². The molecule has 0 fully saturated rings. The summed E-state index contributed by atoms with van der Waals surface area (Å²) in [6.07, 6.45) is 4.06. The van der Waals surface area contributed by atoms with E-state index in [1.54, 1.807) is 17.0 Å². The van der Waals surface area contributed by atoms with Gasteiger partial charge in [0.2, 0.25) is 0 Å². The lowest BCUT2D eigenvalue weighted by Crippen LogP contribution is -2.24. The van der Waals surface area contributed by atoms with Gasteiger partial charge in [0.05, 0.1) is 16.6 Å². The monoisotopic (exact) mass is 351 g/mol. The van der Waals surface area contributed by atoms with E-state index in [0.717, 1.165) is 17.1 Å². The third kappa shape index (κ3) is 3.23. The largest absolute Gasteiger partial charge is 0.268 e. The number of para-hydroxylation sites is 1. The number of hydrogen-bond acceptors (Lipinski definition) is 3. The Morgan fingerprint density at radius 3 is 2.44 bits per heavy atom. The first-order chi connectivity index (χ1) is 13.3. The zero-order valence-electron chi connectivity index (χ0n) is 14.9. The van der Waals surface area contributed by atoms with Crippen molar-refractivity contribution < 1.29 is 0 Å². The van der Waals surface area contributed by atoms with Gasteiger partial charge in [-0.3, -0.25) is 14.3 Å². The minimum Gasteiger partial charge on any atom is -0.268 e. The zero-order valence-corrected chi connectivity index (χ0v) is 14.9. The van der Waals surface area contributed by atoms with E-state index < -0.39 is 0 Å². The Hall–Kier alpha value is -3.71. The first kappa shape index (κ1) is 16.7. The Morgan fingerprint density at radius 2 is 1.70 bits per heavy atom. The predicted molar refractivity (Wildman–Crippen MR) is 107 cm³/mol. The molecule has 0 saturated heterocycles. The molecule has 0 bridgehead atoms. The third-order valence-corrected chi connectivity index (χ3v) is 4.32. The lowest BCUT2D eigenvalue weighted by atomic mass is 10.1. The Morgan fingerprint density at radius 1 is 0.926 bits per heavy atom. The zero-order chi connectivity index (χ0) is 18.6. The van der Waals surface area contributed by atoms with Crippen molar-refractivity contribution in [3.63, 3.8) is 0 Å². The van der Waals surface area contributed by atoms with Crippen molar-refractivity contribution in [2.45, 2.75) is 13.3 Å². The number of aromatic nitrogens is 3. The first-order valence-corrected chi connectivity index (χ1v) is 8.80. The Kier molecular flexibility index (Phi) is 4.51. The summed E-state index contributed by atoms with van der Waals surface area (Å²) in [6.45, 7) is 2.00. The second-order valence-electron chi connectivity index (χ2n) is 6.04. The van der Waals surface area contributed by atoms with Crippen LogP contribution in [0.25, 0.3) is 16.6 Å². The molecule has 0 spiro atoms. The topological polar surface area (TPSA) is 47.8 Å². The van der Waals surface area contributed by atoms with Crippen molar-refractivity contribution in [1.29, 1.82) is 0 Å². The molecule has 27 heavy (non-hydrogen) atoms. The summed E-state index contributed by atoms with van der Waals surface area (Å²) in [6, 6.07) is 18.9. The van der Waals surface area contributed by atoms with Gasteiger partial charge in [0.15, 0.2) is 0 Å². The van der Waals surface area contributed by atoms with Gasteiger partial charge in [-0.1, -0.05) is 43.0 Å². The molecule has 0 radical (unpaired) electrons. The Balaban J connectivity index is 1.98. The molecule has 4 aromatic rings. The Labute approximate surface area is 157 Å². The summed E-state index contributed by atoms with van der Waals surface area (Å²) in [4.78, 5) is 22.1. The number of hydrogen-bond donors (Lipinski definition) is 0. The average molecular weight is 351 g/mol. The van der Waals surface area contributed by atoms with Crippen molar-refractivity contribution in [2.75, 3.05) is 0 Å². The summed E-state index contributed by atoms with van der Waals surface area (Å²) in [5.74, 6) is 6.97. The van der Waals surface area contributed by atoms with Gasteiger partial charge in [-0.2, -0.15) is 0 Å². The van der Waals surface area contributed by atoms with Crippen LogP contribution < -0.4 is 5.56 Å². The molecule has 2 heterocycles. The van der Waals surface area contributed by atoms with Crippen LogP contribution in [0.2, 0.25) is 0 Å². The van der Waals surface area contributed by atoms with E-state index in [2.05, 4.69) is 16.8 Å². The molecule has 0 aliphatic carbocycles. The van der Waals surface area contributed by atoms with Gasteiger partial charge in [-0.15, -0.1) is 0 Å². The highest BCUT2D eigenvalue weighted by Gasteiger charge is 2.13. The number of fused-ring (bicyclic) bond motifs is 1. The molecule has 0 amide bonds. The average Bonchev–Trinajstić information content (AvgIpc) is 2.73. The van der Waals surface area contributed by atoms with E-state index >= 15 is 0 Å². The molecule has 0 saturated carbocycles. The van der Waals surface area contributed by atoms with Crippen LogP contribution in [-0.4, -0.2) is 14.5 Å². The molecule has 2 aromatic carbocycles. The van der Waals surface area contributed by atoms with E-state index in [1.165, 1.54) is 0 Å². The maximum Gasteiger partial charge on any atom is 0.267 e. The van der Waals surface area contributed by atoms with Crippen LogP contribution in [0.15, 0.2) is 77.9 Å². The van der Waals surface area contributed by atoms with Gasteiger partial charge < -0.3 is 0 Å². The summed E-state index contributed by atoms with van der Waals surface area (Å²) >= 11 is 0. The maximum absolute atomic E-state index is 13.4. The molecule has 0 aliphatic heterocycles. The predicted octanol–water partition coefficient (Wildman–Crippen LogP) is 3.74. The van der Waals surface area contributed by atoms with Crippen LogP contribution in [0.1, 0.15) is 23.9 Å². The maximum atomic E-state index is 13.4. The summed E-state index contributed by atoms with van der Waals surface area (Å²) in [5.41, 5.74) is 2.91. The molecule has 4 heteroatoms. The molecule has 0 aliphatic rings. The fraction of sp³-hybridized carbons (Fsp3) is 0.0870. The van der Waals surface area contributed by atoms with Gasteiger partial charge in [0, 0.05) is 29.9 Å². The van der Waals surface area contributed by atoms with Crippen molar-refractivity contribution in [3.8, 4) is 17.5 Å². The molecule has 2 aromatic heterocycles. The van der Waals surface area contributed by atoms with Crippen molar-refractivity contribution in [2.24, 2.45) is 0 Å². The standard InChI is InChI=1S/C23H17N3O/c1-2-21-25-20-10-6-7-18(12-11-17-13-15-24-16-14-17)22(20)23(27)26(21)19-8-4-3-5-9-19/h3-10,13-16H,2H2,1H3. The van der Waals surface area contributed by atoms with Crippen LogP contribution in [0.4, 0.5) is 0 Å². The van der Waals surface area contributed by atoms with E-state index in [9.17, 15) is 4.79 Å². The van der Waals surface area contributed by atoms with Gasteiger partial charge in [0.25, 0.3) is 5.56 Å². The van der Waals surface area contributed by atoms with E-state index in [1.807, 2.05) is 67.6 Å². The summed E-state index contributed by atoms with van der Waals surface area (Å²) in [5, 5.41) is 0.542. The van der Waals surface area contributed by atoms with E-state index in [4.69, 9.17) is 4.98 Å². The minimum atomic E-state index is -0.0947. The van der Waals surface area contributed by atoms with Crippen molar-refractivity contribution in [1.82, 2.24) is 14.5 Å². The number of nitrogens with zero attached hydrogens (tertiary/aromatic N) is 3. The normalized spacial score (nSPS) is 10.4. The van der Waals surface area contributed by atoms with Gasteiger partial charge in [-0.25, -0.2) is 4.98 Å². The highest BCUT2D eigenvalue weighted by molar-refractivity contribution is 5.84. The van der Waals surface area contributed by atoms with Gasteiger partial charge >= 0.3 is 0 Å². The third-order valence-electron chi connectivity index (χ3n) is 4.32. The van der Waals surface area contributed by atoms with Crippen molar-refractivity contribution in [3.05, 3.63) is 100 Å². The Bertz CT molecular complexity index is 1220. The molecule has 4 nitrogen and oxygen atoms in total. The molecular weight excluding hydrogens is 334 g/mol. The fourth-order valence-corrected chi connectivity index (χ4v) is 3.04. The van der Waals surface area contributed by atoms with E-state index in [0.29, 0.717) is 22.9 Å². The minimum absolute atomic E-state index is 0.0947. The molecule has 0 atom stereocenters. The summed E-state index contributed by atoms with van der Waals surface area (Å²) < 4.78 is 1.68. The van der Waals surface area contributed by atoms with Gasteiger partial charge in [0.1, 0.15) is 5.82 Å². The highest BCUT2D eigenvalue weighted by atomic mass is 16.1. The van der Waals surface area contributed by atoms with Crippen molar-refractivity contribution >= 4 is 10.9 Å². The first-order valence-electron chi connectivity index (χ1n) is 8.80. The lowest BCUT2D eigenvalue weighted by molar-refractivity contribution is 0.833.